The summed E-state index contributed by atoms with van der Waals surface area (Å²) in [6.07, 6.45) is 1.81. The van der Waals surface area contributed by atoms with E-state index in [0.29, 0.717) is 31.5 Å². The minimum Gasteiger partial charge on any atom is -0.494 e. The van der Waals surface area contributed by atoms with Crippen LogP contribution in [0.5, 0.6) is 5.75 Å². The topological polar surface area (TPSA) is 49.8 Å². The Labute approximate surface area is 124 Å². The average Bonchev–Trinajstić information content (AvgIpc) is 2.48. The first kappa shape index (κ1) is 15.0. The van der Waals surface area contributed by atoms with Crippen molar-refractivity contribution < 1.29 is 14.6 Å². The van der Waals surface area contributed by atoms with Gasteiger partial charge in [-0.2, -0.15) is 0 Å². The van der Waals surface area contributed by atoms with Gasteiger partial charge in [0, 0.05) is 19.0 Å². The molecule has 20 heavy (non-hydrogen) atoms. The van der Waals surface area contributed by atoms with Crippen LogP contribution in [0, 0.1) is 0 Å². The van der Waals surface area contributed by atoms with Crippen molar-refractivity contribution in [3.05, 3.63) is 29.8 Å². The van der Waals surface area contributed by atoms with E-state index in [4.69, 9.17) is 21.4 Å². The lowest BCUT2D eigenvalue weighted by molar-refractivity contribution is 0.132. The Morgan fingerprint density at radius 2 is 1.95 bits per heavy atom. The van der Waals surface area contributed by atoms with Crippen molar-refractivity contribution >= 4 is 17.7 Å². The van der Waals surface area contributed by atoms with Gasteiger partial charge in [-0.3, -0.25) is 0 Å². The fourth-order valence-electron chi connectivity index (χ4n) is 2.48. The molecule has 0 saturated carbocycles. The standard InChI is InChI=1S/C15H20ClNO3/c16-8-1-11-20-14-4-2-12(3-5-14)13-6-9-17(10-7-13)15(18)19/h2-5,13H,1,6-11H2,(H,18,19). The lowest BCUT2D eigenvalue weighted by Gasteiger charge is -2.30. The van der Waals surface area contributed by atoms with E-state index in [9.17, 15) is 4.79 Å². The van der Waals surface area contributed by atoms with Gasteiger partial charge in [0.15, 0.2) is 0 Å². The molecule has 1 aliphatic heterocycles. The number of hydrogen-bond acceptors (Lipinski definition) is 2. The normalized spacial score (nSPS) is 16.1. The number of piperidine rings is 1. The summed E-state index contributed by atoms with van der Waals surface area (Å²) >= 11 is 5.60. The molecule has 0 radical (unpaired) electrons. The van der Waals surface area contributed by atoms with E-state index in [-0.39, 0.29) is 0 Å². The van der Waals surface area contributed by atoms with Crippen LogP contribution < -0.4 is 4.74 Å². The Hall–Kier alpha value is -1.42. The summed E-state index contributed by atoms with van der Waals surface area (Å²) in [5.74, 6) is 1.92. The maximum atomic E-state index is 10.9. The molecule has 4 nitrogen and oxygen atoms in total. The molecular weight excluding hydrogens is 278 g/mol. The van der Waals surface area contributed by atoms with Gasteiger partial charge in [-0.25, -0.2) is 4.79 Å². The highest BCUT2D eigenvalue weighted by Crippen LogP contribution is 2.29. The first-order valence-electron chi connectivity index (χ1n) is 6.97. The highest BCUT2D eigenvalue weighted by atomic mass is 35.5. The molecule has 0 aliphatic carbocycles. The number of benzene rings is 1. The van der Waals surface area contributed by atoms with Crippen molar-refractivity contribution in [2.75, 3.05) is 25.6 Å². The van der Waals surface area contributed by atoms with Crippen molar-refractivity contribution in [2.45, 2.75) is 25.2 Å². The highest BCUT2D eigenvalue weighted by molar-refractivity contribution is 6.17. The lowest BCUT2D eigenvalue weighted by atomic mass is 9.89. The number of halogens is 1. The Morgan fingerprint density at radius 3 is 2.50 bits per heavy atom. The molecule has 1 fully saturated rings. The molecule has 0 aromatic heterocycles. The van der Waals surface area contributed by atoms with Crippen LogP contribution in [-0.2, 0) is 0 Å². The molecule has 2 rings (SSSR count). The van der Waals surface area contributed by atoms with E-state index in [2.05, 4.69) is 12.1 Å². The zero-order valence-corrected chi connectivity index (χ0v) is 12.2. The predicted octanol–water partition coefficient (Wildman–Crippen LogP) is 3.55. The van der Waals surface area contributed by atoms with Crippen LogP contribution in [-0.4, -0.2) is 41.7 Å². The fraction of sp³-hybridized carbons (Fsp3) is 0.533. The van der Waals surface area contributed by atoms with E-state index in [1.54, 1.807) is 0 Å². The number of alkyl halides is 1. The molecule has 110 valence electrons. The summed E-state index contributed by atoms with van der Waals surface area (Å²) in [7, 11) is 0. The number of carbonyl (C=O) groups is 1. The third-order valence-corrected chi connectivity index (χ3v) is 3.93. The Morgan fingerprint density at radius 1 is 1.30 bits per heavy atom. The second-order valence-corrected chi connectivity index (χ2v) is 5.38. The molecule has 0 bridgehead atoms. The van der Waals surface area contributed by atoms with Gasteiger partial charge < -0.3 is 14.7 Å². The quantitative estimate of drug-likeness (QED) is 0.668. The van der Waals surface area contributed by atoms with Crippen LogP contribution in [0.25, 0.3) is 0 Å². The van der Waals surface area contributed by atoms with E-state index in [1.807, 2.05) is 12.1 Å². The van der Waals surface area contributed by atoms with Crippen LogP contribution in [0.2, 0.25) is 0 Å². The Balaban J connectivity index is 1.86. The van der Waals surface area contributed by atoms with Gasteiger partial charge in [-0.1, -0.05) is 12.1 Å². The van der Waals surface area contributed by atoms with Crippen LogP contribution in [0.1, 0.15) is 30.7 Å². The number of likely N-dealkylation sites (tertiary alicyclic amines) is 1. The second kappa shape index (κ2) is 7.39. The number of rotatable bonds is 5. The number of ether oxygens (including phenoxy) is 1. The van der Waals surface area contributed by atoms with Crippen LogP contribution in [0.3, 0.4) is 0 Å². The molecule has 0 spiro atoms. The zero-order valence-electron chi connectivity index (χ0n) is 11.4. The average molecular weight is 298 g/mol. The minimum atomic E-state index is -0.813. The SMILES string of the molecule is O=C(O)N1CCC(c2ccc(OCCCCl)cc2)CC1. The zero-order chi connectivity index (χ0) is 14.4. The van der Waals surface area contributed by atoms with Crippen LogP contribution >= 0.6 is 11.6 Å². The smallest absolute Gasteiger partial charge is 0.407 e. The molecule has 5 heteroatoms. The van der Waals surface area contributed by atoms with Gasteiger partial charge in [0.2, 0.25) is 0 Å². The Kier molecular flexibility index (Phi) is 5.53. The maximum Gasteiger partial charge on any atom is 0.407 e. The Bertz CT molecular complexity index is 427. The van der Waals surface area contributed by atoms with Gasteiger partial charge in [0.05, 0.1) is 6.61 Å². The maximum absolute atomic E-state index is 10.9. The van der Waals surface area contributed by atoms with E-state index < -0.39 is 6.09 Å². The van der Waals surface area contributed by atoms with Crippen molar-refractivity contribution in [2.24, 2.45) is 0 Å². The minimum absolute atomic E-state index is 0.447. The molecule has 1 saturated heterocycles. The number of hydrogen-bond donors (Lipinski definition) is 1. The van der Waals surface area contributed by atoms with Gasteiger partial charge >= 0.3 is 6.09 Å². The first-order chi connectivity index (χ1) is 9.70. The fourth-order valence-corrected chi connectivity index (χ4v) is 2.59. The lowest BCUT2D eigenvalue weighted by Crippen LogP contribution is -2.36. The third-order valence-electron chi connectivity index (χ3n) is 3.66. The number of nitrogens with zero attached hydrogens (tertiary/aromatic N) is 1. The van der Waals surface area contributed by atoms with E-state index in [1.165, 1.54) is 10.5 Å². The number of carboxylic acid groups (broad SMARTS) is 1. The molecular formula is C15H20ClNO3. The second-order valence-electron chi connectivity index (χ2n) is 5.00. The van der Waals surface area contributed by atoms with Crippen LogP contribution in [0.4, 0.5) is 4.79 Å². The third kappa shape index (κ3) is 4.04. The summed E-state index contributed by atoms with van der Waals surface area (Å²) in [6.45, 7) is 1.88. The van der Waals surface area contributed by atoms with Crippen LogP contribution in [0.15, 0.2) is 24.3 Å². The van der Waals surface area contributed by atoms with Crippen molar-refractivity contribution in [1.29, 1.82) is 0 Å². The first-order valence-corrected chi connectivity index (χ1v) is 7.50. The highest BCUT2D eigenvalue weighted by Gasteiger charge is 2.23. The van der Waals surface area contributed by atoms with Gasteiger partial charge in [0.25, 0.3) is 0 Å². The summed E-state index contributed by atoms with van der Waals surface area (Å²) in [5.41, 5.74) is 1.26. The van der Waals surface area contributed by atoms with E-state index in [0.717, 1.165) is 25.0 Å². The van der Waals surface area contributed by atoms with Crippen molar-refractivity contribution in [3.63, 3.8) is 0 Å². The van der Waals surface area contributed by atoms with Gasteiger partial charge in [0.1, 0.15) is 5.75 Å². The van der Waals surface area contributed by atoms with Gasteiger partial charge in [-0.05, 0) is 42.9 Å². The molecule has 1 amide bonds. The van der Waals surface area contributed by atoms with Crippen molar-refractivity contribution in [3.8, 4) is 5.75 Å². The summed E-state index contributed by atoms with van der Waals surface area (Å²) in [4.78, 5) is 12.4. The van der Waals surface area contributed by atoms with Crippen molar-refractivity contribution in [1.82, 2.24) is 4.90 Å². The van der Waals surface area contributed by atoms with Gasteiger partial charge in [-0.15, -0.1) is 11.6 Å². The number of amides is 1. The summed E-state index contributed by atoms with van der Waals surface area (Å²) < 4.78 is 5.57. The molecule has 1 N–H and O–H groups in total. The molecule has 1 aromatic carbocycles. The molecule has 0 unspecified atom stereocenters. The molecule has 1 aliphatic rings. The molecule has 1 heterocycles. The van der Waals surface area contributed by atoms with E-state index >= 15 is 0 Å². The molecule has 1 aromatic rings. The molecule has 0 atom stereocenters. The monoisotopic (exact) mass is 297 g/mol. The summed E-state index contributed by atoms with van der Waals surface area (Å²) in [5, 5.41) is 8.93. The largest absolute Gasteiger partial charge is 0.494 e. The predicted molar refractivity (Wildman–Crippen MR) is 78.8 cm³/mol. The summed E-state index contributed by atoms with van der Waals surface area (Å²) in [6, 6.07) is 8.12.